The van der Waals surface area contributed by atoms with Crippen LogP contribution in [-0.4, -0.2) is 23.1 Å². The molecule has 1 heterocycles. The van der Waals surface area contributed by atoms with Gasteiger partial charge in [-0.2, -0.15) is 0 Å². The van der Waals surface area contributed by atoms with E-state index in [4.69, 9.17) is 4.74 Å². The maximum atomic E-state index is 13.3. The number of aromatic nitrogens is 1. The van der Waals surface area contributed by atoms with Gasteiger partial charge in [0.1, 0.15) is 11.5 Å². The Hall–Kier alpha value is -2.86. The third kappa shape index (κ3) is 3.06. The highest BCUT2D eigenvalue weighted by Gasteiger charge is 2.49. The second-order valence-corrected chi connectivity index (χ2v) is 7.87. The Morgan fingerprint density at radius 3 is 2.89 bits per heavy atom. The van der Waals surface area contributed by atoms with E-state index < -0.39 is 5.41 Å². The number of anilines is 1. The number of benzene rings is 2. The van der Waals surface area contributed by atoms with Crippen molar-refractivity contribution >= 4 is 22.4 Å². The molecule has 1 aliphatic rings. The van der Waals surface area contributed by atoms with Crippen LogP contribution in [0.5, 0.6) is 11.5 Å². The third-order valence-corrected chi connectivity index (χ3v) is 5.92. The molecule has 1 aromatic heterocycles. The third-order valence-electron chi connectivity index (χ3n) is 5.23. The van der Waals surface area contributed by atoms with Crippen LogP contribution in [-0.2, 0) is 11.2 Å². The Bertz CT molecular complexity index is 987. The van der Waals surface area contributed by atoms with Crippen molar-refractivity contribution in [1.29, 1.82) is 0 Å². The molecule has 5 nitrogen and oxygen atoms in total. The first-order valence-electron chi connectivity index (χ1n) is 8.68. The van der Waals surface area contributed by atoms with Crippen molar-refractivity contribution in [1.82, 2.24) is 4.98 Å². The Labute approximate surface area is 161 Å². The molecule has 0 bridgehead atoms. The van der Waals surface area contributed by atoms with E-state index in [2.05, 4.69) is 10.3 Å². The summed E-state index contributed by atoms with van der Waals surface area (Å²) in [5.74, 6) is 0.658. The van der Waals surface area contributed by atoms with Gasteiger partial charge < -0.3 is 15.2 Å². The van der Waals surface area contributed by atoms with E-state index in [-0.39, 0.29) is 17.6 Å². The molecule has 0 fully saturated rings. The van der Waals surface area contributed by atoms with Crippen molar-refractivity contribution in [2.24, 2.45) is 5.41 Å². The van der Waals surface area contributed by atoms with Gasteiger partial charge in [0, 0.05) is 17.5 Å². The number of phenolic OH excluding ortho intramolecular Hbond substituents is 1. The van der Waals surface area contributed by atoms with Gasteiger partial charge in [-0.1, -0.05) is 18.2 Å². The molecule has 0 radical (unpaired) electrons. The number of phenols is 1. The van der Waals surface area contributed by atoms with E-state index in [9.17, 15) is 9.90 Å². The van der Waals surface area contributed by atoms with E-state index in [1.165, 1.54) is 11.3 Å². The number of aromatic hydroxyl groups is 1. The summed E-state index contributed by atoms with van der Waals surface area (Å²) in [6.07, 6.45) is 2.27. The number of fused-ring (bicyclic) bond motifs is 1. The maximum absolute atomic E-state index is 13.3. The molecule has 4 rings (SSSR count). The lowest BCUT2D eigenvalue weighted by atomic mass is 9.73. The molecule has 27 heavy (non-hydrogen) atoms. The first-order valence-corrected chi connectivity index (χ1v) is 9.56. The second kappa shape index (κ2) is 6.70. The van der Waals surface area contributed by atoms with Crippen molar-refractivity contribution < 1.29 is 14.6 Å². The zero-order valence-corrected chi connectivity index (χ0v) is 15.9. The molecule has 6 heteroatoms. The van der Waals surface area contributed by atoms with Gasteiger partial charge in [-0.15, -0.1) is 11.3 Å². The number of ether oxygens (including phenoxy) is 1. The zero-order chi connectivity index (χ0) is 19.0. The lowest BCUT2D eigenvalue weighted by molar-refractivity contribution is -0.125. The lowest BCUT2D eigenvalue weighted by Gasteiger charge is -2.31. The average Bonchev–Trinajstić information content (AvgIpc) is 3.26. The summed E-state index contributed by atoms with van der Waals surface area (Å²) in [6.45, 7) is 1.97. The first kappa shape index (κ1) is 17.5. The molecule has 0 saturated carbocycles. The van der Waals surface area contributed by atoms with Crippen LogP contribution in [0.25, 0.3) is 0 Å². The summed E-state index contributed by atoms with van der Waals surface area (Å²) < 4.78 is 5.40. The molecule has 2 N–H and O–H groups in total. The molecule has 2 aromatic carbocycles. The summed E-state index contributed by atoms with van der Waals surface area (Å²) in [5, 5.41) is 15.4. The summed E-state index contributed by atoms with van der Waals surface area (Å²) in [4.78, 5) is 17.5. The predicted octanol–water partition coefficient (Wildman–Crippen LogP) is 4.19. The van der Waals surface area contributed by atoms with Gasteiger partial charge in [-0.05, 0) is 54.3 Å². The van der Waals surface area contributed by atoms with Gasteiger partial charge in [0.05, 0.1) is 12.5 Å². The van der Waals surface area contributed by atoms with Crippen LogP contribution in [0.1, 0.15) is 29.5 Å². The topological polar surface area (TPSA) is 71.5 Å². The molecule has 0 spiro atoms. The molecule has 1 aliphatic carbocycles. The predicted molar refractivity (Wildman–Crippen MR) is 105 cm³/mol. The fourth-order valence-corrected chi connectivity index (χ4v) is 4.48. The highest BCUT2D eigenvalue weighted by molar-refractivity contribution is 7.13. The Morgan fingerprint density at radius 1 is 1.33 bits per heavy atom. The van der Waals surface area contributed by atoms with Crippen LogP contribution in [0.15, 0.2) is 54.0 Å². The molecule has 138 valence electrons. The highest BCUT2D eigenvalue weighted by Crippen LogP contribution is 2.52. The van der Waals surface area contributed by atoms with Crippen LogP contribution < -0.4 is 10.1 Å². The van der Waals surface area contributed by atoms with E-state index in [1.54, 1.807) is 25.4 Å². The number of carbonyl (C=O) groups excluding carboxylic acids is 1. The van der Waals surface area contributed by atoms with Crippen LogP contribution >= 0.6 is 11.3 Å². The number of methoxy groups -OCH3 is 1. The molecule has 0 aliphatic heterocycles. The first-order chi connectivity index (χ1) is 13.0. The fourth-order valence-electron chi connectivity index (χ4n) is 3.96. The average molecular weight is 380 g/mol. The fraction of sp³-hybridized carbons (Fsp3) is 0.238. The van der Waals surface area contributed by atoms with Gasteiger partial charge in [0.15, 0.2) is 5.13 Å². The minimum Gasteiger partial charge on any atom is -0.508 e. The van der Waals surface area contributed by atoms with E-state index in [1.807, 2.05) is 42.6 Å². The maximum Gasteiger partial charge on any atom is 0.233 e. The minimum atomic E-state index is -0.714. The Balaban J connectivity index is 1.81. The lowest BCUT2D eigenvalue weighted by Crippen LogP contribution is -2.37. The SMILES string of the molecule is COc1ccc2c(c1)[C@@H](c1cccc(O)c1)[C@@](C)(C(=O)Nc1nccs1)C2. The molecule has 0 unspecified atom stereocenters. The number of rotatable bonds is 4. The number of amides is 1. The van der Waals surface area contributed by atoms with Crippen LogP contribution in [0.2, 0.25) is 0 Å². The number of hydrogen-bond donors (Lipinski definition) is 2. The number of nitrogens with zero attached hydrogens (tertiary/aromatic N) is 1. The van der Waals surface area contributed by atoms with Crippen LogP contribution in [0, 0.1) is 5.41 Å². The summed E-state index contributed by atoms with van der Waals surface area (Å²) in [7, 11) is 1.63. The Morgan fingerprint density at radius 2 is 2.19 bits per heavy atom. The number of thiazole rings is 1. The monoisotopic (exact) mass is 380 g/mol. The summed E-state index contributed by atoms with van der Waals surface area (Å²) in [5.41, 5.74) is 2.35. The molecule has 0 saturated heterocycles. The molecule has 3 aromatic rings. The van der Waals surface area contributed by atoms with Gasteiger partial charge in [0.2, 0.25) is 5.91 Å². The summed E-state index contributed by atoms with van der Waals surface area (Å²) in [6, 6.07) is 13.1. The number of hydrogen-bond acceptors (Lipinski definition) is 5. The zero-order valence-electron chi connectivity index (χ0n) is 15.1. The molecular formula is C21H20N2O3S. The highest BCUT2D eigenvalue weighted by atomic mass is 32.1. The van der Waals surface area contributed by atoms with Crippen LogP contribution in [0.3, 0.4) is 0 Å². The van der Waals surface area contributed by atoms with E-state index in [0.717, 1.165) is 22.4 Å². The van der Waals surface area contributed by atoms with E-state index in [0.29, 0.717) is 11.6 Å². The smallest absolute Gasteiger partial charge is 0.233 e. The van der Waals surface area contributed by atoms with Gasteiger partial charge in [0.25, 0.3) is 0 Å². The van der Waals surface area contributed by atoms with Crippen molar-refractivity contribution in [3.63, 3.8) is 0 Å². The Kier molecular flexibility index (Phi) is 4.36. The normalized spacial score (nSPS) is 20.9. The molecule has 1 amide bonds. The summed E-state index contributed by atoms with van der Waals surface area (Å²) >= 11 is 1.40. The van der Waals surface area contributed by atoms with Gasteiger partial charge >= 0.3 is 0 Å². The van der Waals surface area contributed by atoms with E-state index >= 15 is 0 Å². The van der Waals surface area contributed by atoms with Crippen molar-refractivity contribution in [2.45, 2.75) is 19.3 Å². The number of nitrogens with one attached hydrogen (secondary N) is 1. The molecule has 2 atom stereocenters. The standard InChI is InChI=1S/C21H20N2O3S/c1-21(19(25)23-20-22-8-9-27-20)12-14-6-7-16(26-2)11-17(14)18(21)13-4-3-5-15(24)10-13/h3-11,18,24H,12H2,1-2H3,(H,22,23,25)/t18-,21+/m1/s1. The van der Waals surface area contributed by atoms with Crippen molar-refractivity contribution in [3.8, 4) is 11.5 Å². The molecular weight excluding hydrogens is 360 g/mol. The van der Waals surface area contributed by atoms with Crippen molar-refractivity contribution in [3.05, 3.63) is 70.7 Å². The largest absolute Gasteiger partial charge is 0.508 e. The van der Waals surface area contributed by atoms with Gasteiger partial charge in [-0.25, -0.2) is 4.98 Å². The van der Waals surface area contributed by atoms with Crippen molar-refractivity contribution in [2.75, 3.05) is 12.4 Å². The minimum absolute atomic E-state index is 0.0824. The van der Waals surface area contributed by atoms with Gasteiger partial charge in [-0.3, -0.25) is 4.79 Å². The van der Waals surface area contributed by atoms with Crippen LogP contribution in [0.4, 0.5) is 5.13 Å². The second-order valence-electron chi connectivity index (χ2n) is 6.98. The number of carbonyl (C=O) groups is 1. The quantitative estimate of drug-likeness (QED) is 0.712.